The molecule has 0 fully saturated rings. The third-order valence-corrected chi connectivity index (χ3v) is 3.64. The summed E-state index contributed by atoms with van der Waals surface area (Å²) in [5, 5.41) is 17.5. The normalized spacial score (nSPS) is 10.2. The molecule has 104 valence electrons. The van der Waals surface area contributed by atoms with Crippen molar-refractivity contribution in [3.05, 3.63) is 56.3 Å². The molecule has 2 rings (SSSR count). The van der Waals surface area contributed by atoms with Crippen LogP contribution in [-0.4, -0.2) is 10.8 Å². The number of hydrogen-bond donors (Lipinski definition) is 1. The van der Waals surface area contributed by atoms with Gasteiger partial charge in [-0.15, -0.1) is 0 Å². The Hall–Kier alpha value is -2.21. The number of benzene rings is 1. The summed E-state index contributed by atoms with van der Waals surface area (Å²) >= 11 is 1.60. The van der Waals surface area contributed by atoms with Crippen LogP contribution >= 0.6 is 11.3 Å². The first-order valence-electron chi connectivity index (χ1n) is 6.12. The summed E-state index contributed by atoms with van der Waals surface area (Å²) in [5.41, 5.74) is 2.17. The van der Waals surface area contributed by atoms with Crippen molar-refractivity contribution in [3.8, 4) is 0 Å². The highest BCUT2D eigenvalue weighted by Crippen LogP contribution is 2.22. The van der Waals surface area contributed by atoms with Crippen molar-refractivity contribution in [1.82, 2.24) is 0 Å². The molecule has 1 aromatic heterocycles. The van der Waals surface area contributed by atoms with Gasteiger partial charge in [0, 0.05) is 23.7 Å². The molecule has 0 aliphatic rings. The number of hydrogen-bond acceptors (Lipinski definition) is 4. The first-order chi connectivity index (χ1) is 9.56. The van der Waals surface area contributed by atoms with E-state index < -0.39 is 4.92 Å². The minimum Gasteiger partial charge on any atom is -0.326 e. The van der Waals surface area contributed by atoms with Gasteiger partial charge in [0.15, 0.2) is 0 Å². The smallest absolute Gasteiger partial charge is 0.274 e. The lowest BCUT2D eigenvalue weighted by atomic mass is 10.1. The lowest BCUT2D eigenvalue weighted by Crippen LogP contribution is -2.12. The van der Waals surface area contributed by atoms with Gasteiger partial charge in [-0.05, 0) is 41.8 Å². The van der Waals surface area contributed by atoms with E-state index in [2.05, 4.69) is 5.32 Å². The van der Waals surface area contributed by atoms with Gasteiger partial charge in [0.1, 0.15) is 0 Å². The minimum absolute atomic E-state index is 0.0145. The highest BCUT2D eigenvalue weighted by molar-refractivity contribution is 7.07. The molecule has 0 aliphatic carbocycles. The molecule has 0 aliphatic heterocycles. The summed E-state index contributed by atoms with van der Waals surface area (Å²) < 4.78 is 0. The summed E-state index contributed by atoms with van der Waals surface area (Å²) in [7, 11) is 0. The molecule has 0 saturated heterocycles. The van der Waals surface area contributed by atoms with Crippen molar-refractivity contribution in [3.63, 3.8) is 0 Å². The number of carbonyl (C=O) groups excluding carboxylic acids is 1. The van der Waals surface area contributed by atoms with E-state index in [1.54, 1.807) is 30.4 Å². The zero-order valence-corrected chi connectivity index (χ0v) is 11.8. The monoisotopic (exact) mass is 290 g/mol. The Morgan fingerprint density at radius 3 is 2.85 bits per heavy atom. The van der Waals surface area contributed by atoms with Crippen molar-refractivity contribution in [1.29, 1.82) is 0 Å². The maximum atomic E-state index is 11.8. The van der Waals surface area contributed by atoms with Gasteiger partial charge in [0.05, 0.1) is 4.92 Å². The first-order valence-corrected chi connectivity index (χ1v) is 7.06. The van der Waals surface area contributed by atoms with Gasteiger partial charge < -0.3 is 5.32 Å². The third-order valence-electron chi connectivity index (χ3n) is 2.91. The van der Waals surface area contributed by atoms with Gasteiger partial charge in [0.2, 0.25) is 5.91 Å². The second-order valence-corrected chi connectivity index (χ2v) is 5.22. The van der Waals surface area contributed by atoms with Gasteiger partial charge in [-0.3, -0.25) is 14.9 Å². The van der Waals surface area contributed by atoms with Crippen LogP contribution in [0, 0.1) is 17.0 Å². The molecule has 20 heavy (non-hydrogen) atoms. The standard InChI is InChI=1S/C14H14N2O3S/c1-10-2-4-12(8-13(10)16(18)19)15-14(17)5-3-11-6-7-20-9-11/h2,4,6-9H,3,5H2,1H3,(H,15,17). The first kappa shape index (κ1) is 14.2. The summed E-state index contributed by atoms with van der Waals surface area (Å²) in [4.78, 5) is 22.2. The average Bonchev–Trinajstić information content (AvgIpc) is 2.91. The Kier molecular flexibility index (Phi) is 4.47. The molecule has 0 saturated carbocycles. The fourth-order valence-electron chi connectivity index (χ4n) is 1.80. The number of nitro groups is 1. The number of carbonyl (C=O) groups is 1. The predicted octanol–water partition coefficient (Wildman–Crippen LogP) is 3.54. The van der Waals surface area contributed by atoms with E-state index in [-0.39, 0.29) is 11.6 Å². The van der Waals surface area contributed by atoms with Crippen molar-refractivity contribution < 1.29 is 9.72 Å². The number of thiophene rings is 1. The number of nitrogens with zero attached hydrogens (tertiary/aromatic N) is 1. The van der Waals surface area contributed by atoms with E-state index in [4.69, 9.17) is 0 Å². The Morgan fingerprint density at radius 1 is 1.40 bits per heavy atom. The van der Waals surface area contributed by atoms with Crippen LogP contribution in [0.3, 0.4) is 0 Å². The largest absolute Gasteiger partial charge is 0.326 e. The zero-order chi connectivity index (χ0) is 14.5. The van der Waals surface area contributed by atoms with Gasteiger partial charge >= 0.3 is 0 Å². The van der Waals surface area contributed by atoms with Crippen LogP contribution in [0.15, 0.2) is 35.0 Å². The van der Waals surface area contributed by atoms with E-state index in [1.807, 2.05) is 16.8 Å². The number of nitro benzene ring substituents is 1. The van der Waals surface area contributed by atoms with Crippen LogP contribution < -0.4 is 5.32 Å². The van der Waals surface area contributed by atoms with Crippen LogP contribution in [-0.2, 0) is 11.2 Å². The second-order valence-electron chi connectivity index (χ2n) is 4.44. The molecule has 6 heteroatoms. The molecule has 5 nitrogen and oxygen atoms in total. The number of rotatable bonds is 5. The number of aryl methyl sites for hydroxylation is 2. The molecule has 1 N–H and O–H groups in total. The molecule has 0 spiro atoms. The molecule has 0 bridgehead atoms. The molecule has 0 unspecified atom stereocenters. The molecule has 2 aromatic rings. The Morgan fingerprint density at radius 2 is 2.20 bits per heavy atom. The predicted molar refractivity (Wildman–Crippen MR) is 79.1 cm³/mol. The molecule has 0 atom stereocenters. The van der Waals surface area contributed by atoms with E-state index in [0.29, 0.717) is 24.1 Å². The highest BCUT2D eigenvalue weighted by Gasteiger charge is 2.12. The van der Waals surface area contributed by atoms with E-state index in [9.17, 15) is 14.9 Å². The Labute approximate surface area is 120 Å². The van der Waals surface area contributed by atoms with Crippen LogP contribution in [0.25, 0.3) is 0 Å². The fourth-order valence-corrected chi connectivity index (χ4v) is 2.50. The minimum atomic E-state index is -0.448. The summed E-state index contributed by atoms with van der Waals surface area (Å²) in [6.07, 6.45) is 1.03. The lowest BCUT2D eigenvalue weighted by Gasteiger charge is -2.05. The Balaban J connectivity index is 1.97. The van der Waals surface area contributed by atoms with Gasteiger partial charge in [-0.2, -0.15) is 11.3 Å². The summed E-state index contributed by atoms with van der Waals surface area (Å²) in [6, 6.07) is 6.67. The maximum absolute atomic E-state index is 11.8. The van der Waals surface area contributed by atoms with Crippen LogP contribution in [0.2, 0.25) is 0 Å². The zero-order valence-electron chi connectivity index (χ0n) is 11.0. The van der Waals surface area contributed by atoms with Crippen molar-refractivity contribution in [2.75, 3.05) is 5.32 Å². The molecule has 1 amide bonds. The molecular formula is C14H14N2O3S. The highest BCUT2D eigenvalue weighted by atomic mass is 32.1. The molecule has 1 aromatic carbocycles. The molecular weight excluding hydrogens is 276 g/mol. The van der Waals surface area contributed by atoms with Gasteiger partial charge in [0.25, 0.3) is 5.69 Å². The number of anilines is 1. The SMILES string of the molecule is Cc1ccc(NC(=O)CCc2ccsc2)cc1[N+](=O)[O-]. The molecule has 0 radical (unpaired) electrons. The Bertz CT molecular complexity index is 623. The van der Waals surface area contributed by atoms with Crippen molar-refractivity contribution in [2.24, 2.45) is 0 Å². The van der Waals surface area contributed by atoms with Gasteiger partial charge in [-0.1, -0.05) is 6.07 Å². The average molecular weight is 290 g/mol. The molecule has 1 heterocycles. The summed E-state index contributed by atoms with van der Waals surface area (Å²) in [6.45, 7) is 1.67. The summed E-state index contributed by atoms with van der Waals surface area (Å²) in [5.74, 6) is -0.144. The second kappa shape index (κ2) is 6.29. The number of nitrogens with one attached hydrogen (secondary N) is 1. The van der Waals surface area contributed by atoms with E-state index in [0.717, 1.165) is 5.56 Å². The third kappa shape index (κ3) is 3.64. The van der Waals surface area contributed by atoms with Crippen molar-refractivity contribution >= 4 is 28.6 Å². The van der Waals surface area contributed by atoms with Crippen LogP contribution in [0.1, 0.15) is 17.5 Å². The van der Waals surface area contributed by atoms with E-state index in [1.165, 1.54) is 6.07 Å². The van der Waals surface area contributed by atoms with Crippen molar-refractivity contribution in [2.45, 2.75) is 19.8 Å². The van der Waals surface area contributed by atoms with Crippen LogP contribution in [0.5, 0.6) is 0 Å². The quantitative estimate of drug-likeness (QED) is 0.676. The van der Waals surface area contributed by atoms with E-state index >= 15 is 0 Å². The topological polar surface area (TPSA) is 72.2 Å². The fraction of sp³-hybridized carbons (Fsp3) is 0.214. The number of amides is 1. The van der Waals surface area contributed by atoms with Gasteiger partial charge in [-0.25, -0.2) is 0 Å². The maximum Gasteiger partial charge on any atom is 0.274 e. The van der Waals surface area contributed by atoms with Crippen LogP contribution in [0.4, 0.5) is 11.4 Å². The lowest BCUT2D eigenvalue weighted by molar-refractivity contribution is -0.385.